The Labute approximate surface area is 129 Å². The van der Waals surface area contributed by atoms with E-state index in [-0.39, 0.29) is 12.3 Å². The number of thioether (sulfide) groups is 1. The molecule has 1 rings (SSSR count). The molecule has 0 aliphatic rings. The van der Waals surface area contributed by atoms with E-state index in [4.69, 9.17) is 9.84 Å². The van der Waals surface area contributed by atoms with Gasteiger partial charge in [-0.25, -0.2) is 4.79 Å². The summed E-state index contributed by atoms with van der Waals surface area (Å²) >= 11 is 1.55. The zero-order valence-corrected chi connectivity index (χ0v) is 13.3. The maximum atomic E-state index is 12.0. The second-order valence-corrected chi connectivity index (χ2v) is 5.72. The van der Waals surface area contributed by atoms with Gasteiger partial charge >= 0.3 is 5.97 Å². The molecule has 1 atom stereocenters. The number of nitrogens with one attached hydrogen (secondary N) is 1. The van der Waals surface area contributed by atoms with Crippen molar-refractivity contribution in [3.8, 4) is 5.75 Å². The Morgan fingerprint density at radius 1 is 1.43 bits per heavy atom. The number of carbonyl (C=O) groups excluding carboxylic acids is 1. The fourth-order valence-electron chi connectivity index (χ4n) is 1.96. The number of hydrogen-bond acceptors (Lipinski definition) is 4. The first-order chi connectivity index (χ1) is 9.97. The van der Waals surface area contributed by atoms with E-state index < -0.39 is 12.0 Å². The molecule has 0 fully saturated rings. The Kier molecular flexibility index (Phi) is 7.08. The molecule has 21 heavy (non-hydrogen) atoms. The Morgan fingerprint density at radius 2 is 2.14 bits per heavy atom. The molecule has 0 bridgehead atoms. The highest BCUT2D eigenvalue weighted by molar-refractivity contribution is 7.98. The molecule has 0 saturated carbocycles. The van der Waals surface area contributed by atoms with Gasteiger partial charge in [0, 0.05) is 5.56 Å². The third-order valence-corrected chi connectivity index (χ3v) is 3.67. The third kappa shape index (κ3) is 5.67. The lowest BCUT2D eigenvalue weighted by atomic mass is 10.1. The third-order valence-electron chi connectivity index (χ3n) is 3.03. The molecule has 0 aromatic heterocycles. The van der Waals surface area contributed by atoms with Gasteiger partial charge in [0.2, 0.25) is 5.91 Å². The lowest BCUT2D eigenvalue weighted by molar-refractivity contribution is -0.141. The number of carboxylic acid groups (broad SMARTS) is 1. The highest BCUT2D eigenvalue weighted by Crippen LogP contribution is 2.20. The monoisotopic (exact) mass is 311 g/mol. The van der Waals surface area contributed by atoms with Gasteiger partial charge in [-0.1, -0.05) is 17.7 Å². The molecule has 0 aliphatic carbocycles. The SMILES string of the molecule is COc1ccc(C)cc1CC(=O)N[C@H](CCSC)C(=O)O. The van der Waals surface area contributed by atoms with Crippen LogP contribution in [0.2, 0.25) is 0 Å². The van der Waals surface area contributed by atoms with Gasteiger partial charge < -0.3 is 15.2 Å². The molecule has 0 saturated heterocycles. The molecular weight excluding hydrogens is 290 g/mol. The lowest BCUT2D eigenvalue weighted by Crippen LogP contribution is -2.41. The summed E-state index contributed by atoms with van der Waals surface area (Å²) in [5, 5.41) is 11.7. The van der Waals surface area contributed by atoms with Crippen LogP contribution in [0.25, 0.3) is 0 Å². The number of aryl methyl sites for hydroxylation is 1. The van der Waals surface area contributed by atoms with E-state index in [0.717, 1.165) is 11.1 Å². The normalized spacial score (nSPS) is 11.8. The highest BCUT2D eigenvalue weighted by atomic mass is 32.2. The number of rotatable bonds is 8. The summed E-state index contributed by atoms with van der Waals surface area (Å²) in [7, 11) is 1.55. The zero-order chi connectivity index (χ0) is 15.8. The topological polar surface area (TPSA) is 75.6 Å². The van der Waals surface area contributed by atoms with E-state index in [0.29, 0.717) is 17.9 Å². The van der Waals surface area contributed by atoms with Crippen molar-refractivity contribution in [2.24, 2.45) is 0 Å². The van der Waals surface area contributed by atoms with Crippen molar-refractivity contribution in [1.29, 1.82) is 0 Å². The van der Waals surface area contributed by atoms with Crippen LogP contribution < -0.4 is 10.1 Å². The van der Waals surface area contributed by atoms with Crippen molar-refractivity contribution < 1.29 is 19.4 Å². The van der Waals surface area contributed by atoms with Crippen molar-refractivity contribution in [2.45, 2.75) is 25.8 Å². The van der Waals surface area contributed by atoms with Gasteiger partial charge in [0.05, 0.1) is 13.5 Å². The number of hydrogen-bond donors (Lipinski definition) is 2. The van der Waals surface area contributed by atoms with Crippen molar-refractivity contribution in [3.63, 3.8) is 0 Å². The molecule has 0 radical (unpaired) electrons. The zero-order valence-electron chi connectivity index (χ0n) is 12.5. The molecule has 6 heteroatoms. The molecule has 1 aromatic carbocycles. The number of carboxylic acids is 1. The second-order valence-electron chi connectivity index (χ2n) is 4.73. The standard InChI is InChI=1S/C15H21NO4S/c1-10-4-5-13(20-2)11(8-10)9-14(17)16-12(15(18)19)6-7-21-3/h4-5,8,12H,6-7,9H2,1-3H3,(H,16,17)(H,18,19)/t12-/m1/s1. The first-order valence-electron chi connectivity index (χ1n) is 6.62. The van der Waals surface area contributed by atoms with Gasteiger partial charge in [-0.3, -0.25) is 4.79 Å². The summed E-state index contributed by atoms with van der Waals surface area (Å²) in [5.41, 5.74) is 1.78. The van der Waals surface area contributed by atoms with Crippen LogP contribution in [-0.4, -0.2) is 42.1 Å². The van der Waals surface area contributed by atoms with Crippen LogP contribution in [0.1, 0.15) is 17.5 Å². The summed E-state index contributed by atoms with van der Waals surface area (Å²) in [6, 6.07) is 4.73. The highest BCUT2D eigenvalue weighted by Gasteiger charge is 2.20. The van der Waals surface area contributed by atoms with Crippen molar-refractivity contribution in [2.75, 3.05) is 19.1 Å². The number of amides is 1. The van der Waals surface area contributed by atoms with Crippen molar-refractivity contribution >= 4 is 23.6 Å². The van der Waals surface area contributed by atoms with Crippen LogP contribution in [-0.2, 0) is 16.0 Å². The van der Waals surface area contributed by atoms with Gasteiger partial charge in [0.15, 0.2) is 0 Å². The second kappa shape index (κ2) is 8.56. The van der Waals surface area contributed by atoms with E-state index >= 15 is 0 Å². The fourth-order valence-corrected chi connectivity index (χ4v) is 2.43. The fraction of sp³-hybridized carbons (Fsp3) is 0.467. The Hall–Kier alpha value is -1.69. The molecule has 5 nitrogen and oxygen atoms in total. The minimum atomic E-state index is -1.01. The minimum Gasteiger partial charge on any atom is -0.496 e. The summed E-state index contributed by atoms with van der Waals surface area (Å²) < 4.78 is 5.22. The summed E-state index contributed by atoms with van der Waals surface area (Å²) in [4.78, 5) is 23.2. The molecule has 1 aromatic rings. The van der Waals surface area contributed by atoms with E-state index in [1.807, 2.05) is 25.3 Å². The quantitative estimate of drug-likeness (QED) is 0.766. The number of aliphatic carboxylic acids is 1. The first-order valence-corrected chi connectivity index (χ1v) is 8.02. The first kappa shape index (κ1) is 17.4. The Morgan fingerprint density at radius 3 is 2.71 bits per heavy atom. The van der Waals surface area contributed by atoms with E-state index in [1.54, 1.807) is 24.9 Å². The Balaban J connectivity index is 2.71. The molecular formula is C15H21NO4S. The van der Waals surface area contributed by atoms with Crippen LogP contribution >= 0.6 is 11.8 Å². The van der Waals surface area contributed by atoms with Gasteiger partial charge in [0.1, 0.15) is 11.8 Å². The minimum absolute atomic E-state index is 0.105. The largest absolute Gasteiger partial charge is 0.496 e. The van der Waals surface area contributed by atoms with Gasteiger partial charge in [-0.05, 0) is 31.4 Å². The smallest absolute Gasteiger partial charge is 0.326 e. The maximum absolute atomic E-state index is 12.0. The van der Waals surface area contributed by atoms with Crippen LogP contribution in [0.15, 0.2) is 18.2 Å². The molecule has 1 amide bonds. The van der Waals surface area contributed by atoms with Crippen molar-refractivity contribution in [3.05, 3.63) is 29.3 Å². The van der Waals surface area contributed by atoms with Gasteiger partial charge in [-0.2, -0.15) is 11.8 Å². The van der Waals surface area contributed by atoms with E-state index in [9.17, 15) is 9.59 Å². The van der Waals surface area contributed by atoms with E-state index in [2.05, 4.69) is 5.32 Å². The predicted octanol–water partition coefficient (Wildman–Crippen LogP) is 1.87. The number of methoxy groups -OCH3 is 1. The van der Waals surface area contributed by atoms with Crippen LogP contribution in [0.5, 0.6) is 5.75 Å². The summed E-state index contributed by atoms with van der Waals surface area (Å²) in [6.45, 7) is 1.93. The lowest BCUT2D eigenvalue weighted by Gasteiger charge is -2.15. The summed E-state index contributed by atoms with van der Waals surface area (Å²) in [5.74, 6) is -0.00174. The van der Waals surface area contributed by atoms with Gasteiger partial charge in [0.25, 0.3) is 0 Å². The Bertz CT molecular complexity index is 504. The van der Waals surface area contributed by atoms with Gasteiger partial charge in [-0.15, -0.1) is 0 Å². The average molecular weight is 311 g/mol. The molecule has 2 N–H and O–H groups in total. The molecule has 116 valence electrons. The average Bonchev–Trinajstić information content (AvgIpc) is 2.43. The molecule has 0 unspecified atom stereocenters. The van der Waals surface area contributed by atoms with E-state index in [1.165, 1.54) is 0 Å². The maximum Gasteiger partial charge on any atom is 0.326 e. The number of ether oxygens (including phenoxy) is 1. The van der Waals surface area contributed by atoms with Crippen molar-refractivity contribution in [1.82, 2.24) is 5.32 Å². The van der Waals surface area contributed by atoms with Crippen LogP contribution in [0.4, 0.5) is 0 Å². The number of benzene rings is 1. The number of carbonyl (C=O) groups is 2. The molecule has 0 heterocycles. The van der Waals surface area contributed by atoms with Crippen LogP contribution in [0.3, 0.4) is 0 Å². The van der Waals surface area contributed by atoms with Crippen LogP contribution in [0, 0.1) is 6.92 Å². The molecule has 0 spiro atoms. The molecule has 0 aliphatic heterocycles. The predicted molar refractivity (Wildman–Crippen MR) is 84.0 cm³/mol. The summed E-state index contributed by atoms with van der Waals surface area (Å²) in [6.07, 6.45) is 2.42.